The highest BCUT2D eigenvalue weighted by Gasteiger charge is 2.24. The Bertz CT molecular complexity index is 1240. The van der Waals surface area contributed by atoms with Crippen molar-refractivity contribution in [2.24, 2.45) is 7.05 Å². The van der Waals surface area contributed by atoms with E-state index in [2.05, 4.69) is 5.10 Å². The monoisotopic (exact) mass is 384 g/mol. The van der Waals surface area contributed by atoms with Gasteiger partial charge >= 0.3 is 0 Å². The maximum absolute atomic E-state index is 14.0. The molecule has 7 heteroatoms. The summed E-state index contributed by atoms with van der Waals surface area (Å²) in [7, 11) is 1.49. The number of hydrogen-bond donors (Lipinski definition) is 1. The Kier molecular flexibility index (Phi) is 4.04. The summed E-state index contributed by atoms with van der Waals surface area (Å²) in [4.78, 5) is 13.4. The molecule has 0 amide bonds. The van der Waals surface area contributed by atoms with E-state index >= 15 is 0 Å². The number of fused-ring (bicyclic) bond motifs is 1. The number of hydrogen-bond acceptors (Lipinski definition) is 4. The Morgan fingerprint density at radius 1 is 1.04 bits per heavy atom. The molecule has 0 saturated carbocycles. The first-order chi connectivity index (χ1) is 12.9. The molecule has 0 spiro atoms. The largest absolute Gasteiger partial charge is 0.505 e. The van der Waals surface area contributed by atoms with E-state index < -0.39 is 11.4 Å². The Morgan fingerprint density at radius 3 is 2.41 bits per heavy atom. The molecular weight excluding hydrogens is 370 g/mol. The molecule has 4 aromatic rings. The van der Waals surface area contributed by atoms with Gasteiger partial charge in [0.25, 0.3) is 5.56 Å². The molecule has 136 valence electrons. The van der Waals surface area contributed by atoms with Crippen LogP contribution in [0.4, 0.5) is 8.78 Å². The van der Waals surface area contributed by atoms with Gasteiger partial charge in [-0.05, 0) is 42.8 Å². The van der Waals surface area contributed by atoms with Crippen molar-refractivity contribution in [3.8, 4) is 27.3 Å². The summed E-state index contributed by atoms with van der Waals surface area (Å²) in [6.45, 7) is 1.59. The summed E-state index contributed by atoms with van der Waals surface area (Å²) in [5.74, 6) is -1.08. The SMILES string of the molecule is Cc1nn(C)c(=O)c(-c2c(-c3ccc(F)cc3)sc3ccc(F)cc23)c1O. The Hall–Kier alpha value is -3.06. The average Bonchev–Trinajstić information content (AvgIpc) is 2.99. The van der Waals surface area contributed by atoms with Gasteiger partial charge in [0.05, 0.1) is 5.56 Å². The highest BCUT2D eigenvalue weighted by atomic mass is 32.1. The number of thiophene rings is 1. The third kappa shape index (κ3) is 2.80. The average molecular weight is 384 g/mol. The third-order valence-electron chi connectivity index (χ3n) is 4.39. The minimum absolute atomic E-state index is 0.0566. The number of nitrogens with zero attached hydrogens (tertiary/aromatic N) is 2. The van der Waals surface area contributed by atoms with E-state index in [9.17, 15) is 18.7 Å². The molecule has 0 atom stereocenters. The van der Waals surface area contributed by atoms with Gasteiger partial charge in [-0.15, -0.1) is 11.3 Å². The first-order valence-electron chi connectivity index (χ1n) is 8.12. The molecule has 0 bridgehead atoms. The summed E-state index contributed by atoms with van der Waals surface area (Å²) in [6.07, 6.45) is 0. The maximum atomic E-state index is 14.0. The molecule has 0 aliphatic rings. The van der Waals surface area contributed by atoms with Gasteiger partial charge < -0.3 is 5.11 Å². The normalized spacial score (nSPS) is 11.3. The Morgan fingerprint density at radius 2 is 1.70 bits per heavy atom. The standard InChI is InChI=1S/C20H14F2N2O2S/c1-10-18(25)17(20(26)24(2)23-10)16-14-9-13(22)7-8-15(14)27-19(16)11-3-5-12(21)6-4-11/h3-9,25H,1-2H3. The van der Waals surface area contributed by atoms with Crippen LogP contribution in [0.15, 0.2) is 47.3 Å². The lowest BCUT2D eigenvalue weighted by Crippen LogP contribution is -2.22. The van der Waals surface area contributed by atoms with Gasteiger partial charge in [-0.1, -0.05) is 12.1 Å². The predicted octanol–water partition coefficient (Wildman–Crippen LogP) is 4.62. The highest BCUT2D eigenvalue weighted by molar-refractivity contribution is 7.23. The molecule has 0 aliphatic carbocycles. The van der Waals surface area contributed by atoms with Crippen molar-refractivity contribution in [3.63, 3.8) is 0 Å². The fourth-order valence-electron chi connectivity index (χ4n) is 3.11. The van der Waals surface area contributed by atoms with Gasteiger partial charge in [0.15, 0.2) is 5.75 Å². The fraction of sp³-hybridized carbons (Fsp3) is 0.100. The van der Waals surface area contributed by atoms with Gasteiger partial charge in [0, 0.05) is 27.6 Å². The van der Waals surface area contributed by atoms with E-state index in [0.29, 0.717) is 21.4 Å². The van der Waals surface area contributed by atoms with Crippen LogP contribution >= 0.6 is 11.3 Å². The molecule has 0 unspecified atom stereocenters. The van der Waals surface area contributed by atoms with Crippen molar-refractivity contribution in [2.75, 3.05) is 0 Å². The number of benzene rings is 2. The number of aromatic nitrogens is 2. The van der Waals surface area contributed by atoms with E-state index in [0.717, 1.165) is 9.38 Å². The topological polar surface area (TPSA) is 55.1 Å². The number of aromatic hydroxyl groups is 1. The quantitative estimate of drug-likeness (QED) is 0.549. The Balaban J connectivity index is 2.17. The second-order valence-corrected chi connectivity index (χ2v) is 7.24. The molecule has 4 rings (SSSR count). The van der Waals surface area contributed by atoms with Crippen LogP contribution in [0.25, 0.3) is 31.7 Å². The van der Waals surface area contributed by atoms with Crippen LogP contribution in [0.5, 0.6) is 5.75 Å². The second kappa shape index (κ2) is 6.28. The summed E-state index contributed by atoms with van der Waals surface area (Å²) in [5.41, 5.74) is 0.938. The van der Waals surface area contributed by atoms with Crippen LogP contribution in [0.1, 0.15) is 5.69 Å². The predicted molar refractivity (Wildman–Crippen MR) is 102 cm³/mol. The first-order valence-corrected chi connectivity index (χ1v) is 8.93. The van der Waals surface area contributed by atoms with E-state index in [-0.39, 0.29) is 22.8 Å². The molecule has 2 aromatic carbocycles. The second-order valence-electron chi connectivity index (χ2n) is 6.19. The molecule has 2 heterocycles. The minimum Gasteiger partial charge on any atom is -0.505 e. The van der Waals surface area contributed by atoms with Crippen molar-refractivity contribution in [2.45, 2.75) is 6.92 Å². The lowest BCUT2D eigenvalue weighted by Gasteiger charge is -2.10. The summed E-state index contributed by atoms with van der Waals surface area (Å²) in [6, 6.07) is 10.1. The van der Waals surface area contributed by atoms with Crippen LogP contribution in [-0.2, 0) is 7.05 Å². The zero-order chi connectivity index (χ0) is 19.3. The van der Waals surface area contributed by atoms with Gasteiger partial charge in [0.1, 0.15) is 17.3 Å². The fourth-order valence-corrected chi connectivity index (χ4v) is 4.30. The third-order valence-corrected chi connectivity index (χ3v) is 5.61. The molecule has 2 aromatic heterocycles. The van der Waals surface area contributed by atoms with Gasteiger partial charge in [-0.25, -0.2) is 13.5 Å². The number of rotatable bonds is 2. The molecule has 27 heavy (non-hydrogen) atoms. The zero-order valence-corrected chi connectivity index (χ0v) is 15.3. The van der Waals surface area contributed by atoms with E-state index in [1.165, 1.54) is 42.6 Å². The van der Waals surface area contributed by atoms with Crippen molar-refractivity contribution in [1.29, 1.82) is 0 Å². The maximum Gasteiger partial charge on any atom is 0.278 e. The van der Waals surface area contributed by atoms with Crippen LogP contribution in [0, 0.1) is 18.6 Å². The Labute approximate surface area is 157 Å². The summed E-state index contributed by atoms with van der Waals surface area (Å²) >= 11 is 1.35. The molecule has 0 fully saturated rings. The van der Waals surface area contributed by atoms with E-state index in [4.69, 9.17) is 0 Å². The molecular formula is C20H14F2N2O2S. The minimum atomic E-state index is -0.495. The lowest BCUT2D eigenvalue weighted by molar-refractivity contribution is 0.460. The van der Waals surface area contributed by atoms with Gasteiger partial charge in [-0.2, -0.15) is 5.10 Å². The van der Waals surface area contributed by atoms with Crippen LogP contribution < -0.4 is 5.56 Å². The molecule has 0 saturated heterocycles. The van der Waals surface area contributed by atoms with Crippen molar-refractivity contribution in [1.82, 2.24) is 9.78 Å². The number of aryl methyl sites for hydroxylation is 2. The summed E-state index contributed by atoms with van der Waals surface area (Å²) < 4.78 is 29.2. The zero-order valence-electron chi connectivity index (χ0n) is 14.5. The van der Waals surface area contributed by atoms with Crippen molar-refractivity contribution in [3.05, 3.63) is 70.1 Å². The van der Waals surface area contributed by atoms with Crippen LogP contribution in [0.2, 0.25) is 0 Å². The highest BCUT2D eigenvalue weighted by Crippen LogP contribution is 2.46. The smallest absolute Gasteiger partial charge is 0.278 e. The number of halogens is 2. The first kappa shape index (κ1) is 17.4. The van der Waals surface area contributed by atoms with Crippen molar-refractivity contribution < 1.29 is 13.9 Å². The molecule has 4 nitrogen and oxygen atoms in total. The molecule has 0 radical (unpaired) electrons. The van der Waals surface area contributed by atoms with E-state index in [1.807, 2.05) is 0 Å². The van der Waals surface area contributed by atoms with Crippen LogP contribution in [0.3, 0.4) is 0 Å². The van der Waals surface area contributed by atoms with Gasteiger partial charge in [0.2, 0.25) is 0 Å². The molecule has 1 N–H and O–H groups in total. The van der Waals surface area contributed by atoms with E-state index in [1.54, 1.807) is 25.1 Å². The lowest BCUT2D eigenvalue weighted by atomic mass is 9.98. The van der Waals surface area contributed by atoms with Gasteiger partial charge in [-0.3, -0.25) is 4.79 Å². The van der Waals surface area contributed by atoms with Crippen molar-refractivity contribution >= 4 is 21.4 Å². The summed E-state index contributed by atoms with van der Waals surface area (Å²) in [5, 5.41) is 15.1. The van der Waals surface area contributed by atoms with Crippen LogP contribution in [-0.4, -0.2) is 14.9 Å². The molecule has 0 aliphatic heterocycles.